The van der Waals surface area contributed by atoms with E-state index in [1.165, 1.54) is 6.26 Å². The lowest BCUT2D eigenvalue weighted by Gasteiger charge is -2.10. The van der Waals surface area contributed by atoms with E-state index in [1.807, 2.05) is 30.3 Å². The van der Waals surface area contributed by atoms with E-state index in [1.54, 1.807) is 35.2 Å². The summed E-state index contributed by atoms with van der Waals surface area (Å²) >= 11 is 0. The van der Waals surface area contributed by atoms with Gasteiger partial charge in [0.15, 0.2) is 15.7 Å². The number of para-hydroxylation sites is 1. The van der Waals surface area contributed by atoms with Crippen molar-refractivity contribution in [3.05, 3.63) is 72.3 Å². The minimum absolute atomic E-state index is 0.0790. The topological polar surface area (TPSA) is 106 Å². The van der Waals surface area contributed by atoms with Crippen LogP contribution in [0.2, 0.25) is 0 Å². The van der Waals surface area contributed by atoms with Crippen LogP contribution in [0.4, 0.5) is 10.5 Å². The number of nitrogens with one attached hydrogen (secondary N) is 2. The van der Waals surface area contributed by atoms with Crippen LogP contribution in [0.15, 0.2) is 60.9 Å². The second-order valence-corrected chi connectivity index (χ2v) is 8.17. The molecule has 0 fully saturated rings. The zero-order valence-corrected chi connectivity index (χ0v) is 15.5. The predicted molar refractivity (Wildman–Crippen MR) is 102 cm³/mol. The molecule has 9 heteroatoms. The number of hydrogen-bond acceptors (Lipinski definition) is 5. The van der Waals surface area contributed by atoms with E-state index in [2.05, 4.69) is 20.8 Å². The molecule has 0 atom stereocenters. The smallest absolute Gasteiger partial charge is 0.319 e. The van der Waals surface area contributed by atoms with Gasteiger partial charge in [-0.25, -0.2) is 13.2 Å². The predicted octanol–water partition coefficient (Wildman–Crippen LogP) is 2.13. The second-order valence-electron chi connectivity index (χ2n) is 6.03. The first-order valence-corrected chi connectivity index (χ1v) is 10.2. The fraction of sp³-hybridized carbons (Fsp3) is 0.167. The number of hydrogen-bond donors (Lipinski definition) is 2. The van der Waals surface area contributed by atoms with Crippen molar-refractivity contribution in [2.24, 2.45) is 0 Å². The Morgan fingerprint density at radius 2 is 1.89 bits per heavy atom. The number of urea groups is 1. The van der Waals surface area contributed by atoms with Gasteiger partial charge in [0.2, 0.25) is 0 Å². The molecule has 0 unspecified atom stereocenters. The van der Waals surface area contributed by atoms with Crippen molar-refractivity contribution in [3.63, 3.8) is 0 Å². The first kappa shape index (κ1) is 18.6. The van der Waals surface area contributed by atoms with Gasteiger partial charge in [0.1, 0.15) is 6.33 Å². The van der Waals surface area contributed by atoms with E-state index in [0.29, 0.717) is 17.1 Å². The maximum Gasteiger partial charge on any atom is 0.319 e. The molecule has 0 aliphatic rings. The van der Waals surface area contributed by atoms with Crippen LogP contribution < -0.4 is 10.6 Å². The quantitative estimate of drug-likeness (QED) is 0.676. The van der Waals surface area contributed by atoms with E-state index in [9.17, 15) is 13.2 Å². The standard InChI is InChI=1S/C18H19N5O3S/c1-27(25,26)12-14-6-5-7-15(10-14)21-18(24)19-11-17-22-20-13-23(17)16-8-3-2-4-9-16/h2-10,13H,11-12H2,1H3,(H2,19,21,24). The number of sulfone groups is 1. The van der Waals surface area contributed by atoms with Crippen molar-refractivity contribution in [1.29, 1.82) is 0 Å². The molecule has 3 rings (SSSR count). The van der Waals surface area contributed by atoms with Crippen LogP contribution >= 0.6 is 0 Å². The Morgan fingerprint density at radius 1 is 1.11 bits per heavy atom. The summed E-state index contributed by atoms with van der Waals surface area (Å²) in [5.74, 6) is 0.506. The monoisotopic (exact) mass is 385 g/mol. The highest BCUT2D eigenvalue weighted by Crippen LogP contribution is 2.13. The maximum atomic E-state index is 12.2. The summed E-state index contributed by atoms with van der Waals surface area (Å²) in [6.07, 6.45) is 2.75. The third-order valence-corrected chi connectivity index (χ3v) is 4.53. The van der Waals surface area contributed by atoms with Crippen LogP contribution in [-0.4, -0.2) is 35.5 Å². The number of carbonyl (C=O) groups is 1. The molecule has 0 aliphatic heterocycles. The summed E-state index contributed by atoms with van der Waals surface area (Å²) in [7, 11) is -3.14. The second kappa shape index (κ2) is 8.00. The van der Waals surface area contributed by atoms with Crippen molar-refractivity contribution in [2.75, 3.05) is 11.6 Å². The molecule has 2 N–H and O–H groups in total. The average Bonchev–Trinajstić information content (AvgIpc) is 3.08. The van der Waals surface area contributed by atoms with Gasteiger partial charge in [0.05, 0.1) is 12.3 Å². The molecule has 2 amide bonds. The SMILES string of the molecule is CS(=O)(=O)Cc1cccc(NC(=O)NCc2nncn2-c2ccccc2)c1. The van der Waals surface area contributed by atoms with Crippen molar-refractivity contribution in [2.45, 2.75) is 12.3 Å². The molecular weight excluding hydrogens is 366 g/mol. The van der Waals surface area contributed by atoms with E-state index < -0.39 is 15.9 Å². The molecule has 0 radical (unpaired) electrons. The van der Waals surface area contributed by atoms with E-state index >= 15 is 0 Å². The van der Waals surface area contributed by atoms with Crippen LogP contribution in [0, 0.1) is 0 Å². The van der Waals surface area contributed by atoms with Gasteiger partial charge in [0.25, 0.3) is 0 Å². The van der Waals surface area contributed by atoms with E-state index in [-0.39, 0.29) is 12.3 Å². The summed E-state index contributed by atoms with van der Waals surface area (Å²) in [5, 5.41) is 13.3. The molecule has 3 aromatic rings. The Morgan fingerprint density at radius 3 is 2.63 bits per heavy atom. The molecule has 0 bridgehead atoms. The third-order valence-electron chi connectivity index (χ3n) is 3.67. The van der Waals surface area contributed by atoms with Crippen LogP contribution in [-0.2, 0) is 22.1 Å². The fourth-order valence-electron chi connectivity index (χ4n) is 2.56. The molecule has 27 heavy (non-hydrogen) atoms. The third kappa shape index (κ3) is 5.38. The van der Waals surface area contributed by atoms with Crippen molar-refractivity contribution in [3.8, 4) is 5.69 Å². The number of amides is 2. The lowest BCUT2D eigenvalue weighted by atomic mass is 10.2. The lowest BCUT2D eigenvalue weighted by Crippen LogP contribution is -2.29. The lowest BCUT2D eigenvalue weighted by molar-refractivity contribution is 0.251. The number of aromatic nitrogens is 3. The Kier molecular flexibility index (Phi) is 5.51. The Labute approximate surface area is 157 Å². The molecule has 140 valence electrons. The molecule has 0 saturated heterocycles. The van der Waals surface area contributed by atoms with Crippen LogP contribution in [0.25, 0.3) is 5.69 Å². The summed E-state index contributed by atoms with van der Waals surface area (Å²) < 4.78 is 24.6. The van der Waals surface area contributed by atoms with Gasteiger partial charge in [-0.15, -0.1) is 10.2 Å². The van der Waals surface area contributed by atoms with Gasteiger partial charge in [-0.1, -0.05) is 30.3 Å². The van der Waals surface area contributed by atoms with Crippen LogP contribution in [0.1, 0.15) is 11.4 Å². The molecule has 1 heterocycles. The Bertz CT molecular complexity index is 1030. The number of nitrogens with zero attached hydrogens (tertiary/aromatic N) is 3. The average molecular weight is 385 g/mol. The van der Waals surface area contributed by atoms with Gasteiger partial charge in [-0.2, -0.15) is 0 Å². The number of rotatable bonds is 6. The molecular formula is C18H19N5O3S. The van der Waals surface area contributed by atoms with Crippen molar-refractivity contribution in [1.82, 2.24) is 20.1 Å². The first-order chi connectivity index (χ1) is 12.9. The minimum Gasteiger partial charge on any atom is -0.331 e. The van der Waals surface area contributed by atoms with Crippen molar-refractivity contribution < 1.29 is 13.2 Å². The minimum atomic E-state index is -3.14. The molecule has 0 saturated carbocycles. The van der Waals surface area contributed by atoms with Gasteiger partial charge in [0, 0.05) is 17.6 Å². The summed E-state index contributed by atoms with van der Waals surface area (Å²) in [5.41, 5.74) is 2.02. The van der Waals surface area contributed by atoms with E-state index in [4.69, 9.17) is 0 Å². The Hall–Kier alpha value is -3.20. The van der Waals surface area contributed by atoms with Gasteiger partial charge >= 0.3 is 6.03 Å². The Balaban J connectivity index is 1.61. The fourth-order valence-corrected chi connectivity index (χ4v) is 3.35. The highest BCUT2D eigenvalue weighted by Gasteiger charge is 2.09. The summed E-state index contributed by atoms with van der Waals surface area (Å²) in [4.78, 5) is 12.2. The van der Waals surface area contributed by atoms with Crippen LogP contribution in [0.5, 0.6) is 0 Å². The van der Waals surface area contributed by atoms with Gasteiger partial charge in [-0.3, -0.25) is 4.57 Å². The zero-order chi connectivity index (χ0) is 19.3. The number of benzene rings is 2. The highest BCUT2D eigenvalue weighted by atomic mass is 32.2. The molecule has 2 aromatic carbocycles. The normalized spacial score (nSPS) is 11.1. The summed E-state index contributed by atoms with van der Waals surface area (Å²) in [6, 6.07) is 15.9. The number of anilines is 1. The van der Waals surface area contributed by atoms with Gasteiger partial charge < -0.3 is 10.6 Å². The zero-order valence-electron chi connectivity index (χ0n) is 14.7. The molecule has 0 aliphatic carbocycles. The first-order valence-electron chi connectivity index (χ1n) is 8.16. The summed E-state index contributed by atoms with van der Waals surface area (Å²) in [6.45, 7) is 0.184. The molecule has 8 nitrogen and oxygen atoms in total. The largest absolute Gasteiger partial charge is 0.331 e. The van der Waals surface area contributed by atoms with E-state index in [0.717, 1.165) is 5.69 Å². The number of carbonyl (C=O) groups excluding carboxylic acids is 1. The van der Waals surface area contributed by atoms with Crippen LogP contribution in [0.3, 0.4) is 0 Å². The molecule has 0 spiro atoms. The van der Waals surface area contributed by atoms with Gasteiger partial charge in [-0.05, 0) is 29.8 Å². The molecule has 1 aromatic heterocycles. The highest BCUT2D eigenvalue weighted by molar-refractivity contribution is 7.89. The van der Waals surface area contributed by atoms with Crippen molar-refractivity contribution >= 4 is 21.6 Å². The maximum absolute atomic E-state index is 12.2.